The van der Waals surface area contributed by atoms with Crippen LogP contribution >= 0.6 is 0 Å². The summed E-state index contributed by atoms with van der Waals surface area (Å²) in [7, 11) is 0. The van der Waals surface area contributed by atoms with Crippen molar-refractivity contribution in [2.24, 2.45) is 23.5 Å². The van der Waals surface area contributed by atoms with Gasteiger partial charge in [-0.2, -0.15) is 0 Å². The lowest BCUT2D eigenvalue weighted by Crippen LogP contribution is -2.47. The summed E-state index contributed by atoms with van der Waals surface area (Å²) in [5.41, 5.74) is 4.29. The minimum absolute atomic E-state index is 0.00154. The van der Waals surface area contributed by atoms with Crippen LogP contribution in [0.2, 0.25) is 0 Å². The molecule has 2 amide bonds. The maximum absolute atomic E-state index is 13.6. The predicted molar refractivity (Wildman–Crippen MR) is 440 cm³/mol. The Kier molecular flexibility index (Phi) is 60.9. The highest BCUT2D eigenvalue weighted by molar-refractivity contribution is 5.93. The largest absolute Gasteiger partial charge is 0.481 e. The average Bonchev–Trinajstić information content (AvgIpc) is 0.867. The Morgan fingerprint density at radius 3 is 0.807 bits per heavy atom. The van der Waals surface area contributed by atoms with E-state index in [2.05, 4.69) is 10.6 Å². The smallest absolute Gasteiger partial charge is 0.320 e. The van der Waals surface area contributed by atoms with E-state index in [1.54, 1.807) is 61.1 Å². The van der Waals surface area contributed by atoms with Crippen molar-refractivity contribution in [3.63, 3.8) is 0 Å². The normalized spacial score (nSPS) is 13.0. The monoisotopic (exact) mass is 1700 g/mol. The zero-order chi connectivity index (χ0) is 91.9. The Morgan fingerprint density at radius 1 is 0.311 bits per heavy atom. The van der Waals surface area contributed by atoms with Crippen molar-refractivity contribution in [1.29, 1.82) is 0 Å². The van der Waals surface area contributed by atoms with Gasteiger partial charge in [0.1, 0.15) is 57.5 Å². The Hall–Kier alpha value is -8.68. The molecule has 0 aromatic rings. The lowest BCUT2D eigenvalue weighted by atomic mass is 9.88. The number of unbranched alkanes of at least 4 members (excludes halogenated alkanes) is 6. The molecule has 0 heterocycles. The van der Waals surface area contributed by atoms with Gasteiger partial charge in [0.2, 0.25) is 11.8 Å². The molecule has 119 heavy (non-hydrogen) atoms. The van der Waals surface area contributed by atoms with Gasteiger partial charge in [-0.25, -0.2) is 0 Å². The summed E-state index contributed by atoms with van der Waals surface area (Å²) in [6, 6.07) is -2.65. The van der Waals surface area contributed by atoms with E-state index in [0.717, 1.165) is 22.6 Å². The van der Waals surface area contributed by atoms with Crippen molar-refractivity contribution in [3.8, 4) is 0 Å². The molecule has 0 aliphatic heterocycles. The van der Waals surface area contributed by atoms with Crippen LogP contribution in [0.1, 0.15) is 246 Å². The van der Waals surface area contributed by atoms with Crippen LogP contribution in [0.4, 0.5) is 0 Å². The second kappa shape index (κ2) is 63.3. The third-order valence-corrected chi connectivity index (χ3v) is 18.1. The molecule has 0 spiro atoms. The van der Waals surface area contributed by atoms with Gasteiger partial charge in [0.05, 0.1) is 103 Å². The van der Waals surface area contributed by atoms with Gasteiger partial charge in [0.15, 0.2) is 17.3 Å². The molecule has 9 N–H and O–H groups in total. The molecule has 0 rings (SSSR count). The lowest BCUT2D eigenvalue weighted by molar-refractivity contribution is -0.157. The number of aliphatic carboxylic acids is 5. The van der Waals surface area contributed by atoms with Gasteiger partial charge >= 0.3 is 41.8 Å². The minimum atomic E-state index is -1.38. The van der Waals surface area contributed by atoms with Crippen LogP contribution in [0.5, 0.6) is 0 Å². The third-order valence-electron chi connectivity index (χ3n) is 18.1. The highest BCUT2D eigenvalue weighted by atomic mass is 16.6. The number of nitrogens with two attached hydrogens (primary N) is 1. The van der Waals surface area contributed by atoms with Crippen molar-refractivity contribution < 1.29 is 131 Å². The summed E-state index contributed by atoms with van der Waals surface area (Å²) in [5.74, 6) is -11.7. The molecule has 0 unspecified atom stereocenters. The van der Waals surface area contributed by atoms with Crippen LogP contribution < -0.4 is 16.4 Å². The Morgan fingerprint density at radius 2 is 0.563 bits per heavy atom. The van der Waals surface area contributed by atoms with E-state index in [1.165, 1.54) is 69.2 Å². The topological polar surface area (TPSA) is 531 Å². The third kappa shape index (κ3) is 64.9. The van der Waals surface area contributed by atoms with Crippen LogP contribution in [-0.4, -0.2) is 319 Å². The number of nitrogens with one attached hydrogen (secondary N) is 2. The molecule has 680 valence electrons. The Balaban J connectivity index is -0.00000170. The maximum atomic E-state index is 13.6. The SMILES string of the molecule is CC(=O)CN(CCCC[C@@H](C(=O)C[C@@H](CCCCN)C(C)=O)N(CC(C)=O)CC(C)=O)CC(=O)OC(C)(C)C.CC(=O)CN(CCCC[C@@H](C(=O)C[C@@H](CCCCNC(C)=O)C(C)=O)N(CC(C)=O)CC(C)=O)CC(=O)OC(C)(C)C.CC(=O)NCCCC[C@H](CC(=O)[C@H](CCCCN(CC(=O)O)CC(=O)O)N(CC(=O)O)CC(=O)O)C(=O)O. The fourth-order valence-electron chi connectivity index (χ4n) is 13.2. The lowest BCUT2D eigenvalue weighted by Gasteiger charge is -2.30. The maximum Gasteiger partial charge on any atom is 0.320 e. The van der Waals surface area contributed by atoms with Crippen LogP contribution in [-0.2, 0) is 105 Å². The quantitative estimate of drug-likeness (QED) is 0.0303. The highest BCUT2D eigenvalue weighted by Gasteiger charge is 2.35. The first kappa shape index (κ1) is 114. The summed E-state index contributed by atoms with van der Waals surface area (Å²) in [6.45, 7) is 24.5. The molecule has 0 radical (unpaired) electrons. The van der Waals surface area contributed by atoms with Gasteiger partial charge in [0, 0.05) is 58.0 Å². The summed E-state index contributed by atoms with van der Waals surface area (Å²) in [4.78, 5) is 248. The number of hydrogen-bond acceptors (Lipinski definition) is 29. The summed E-state index contributed by atoms with van der Waals surface area (Å²) in [6.07, 6.45) is 7.85. The standard InChI is InChI=1S/C31H53N3O8.C29H51N3O7.C23H37N3O12/c1-22(35)18-33(21-30(41)42-31(6,7)8)16-12-10-14-28(34(19-23(2)36)20-24(3)37)29(40)17-27(25(4)38)13-9-11-15-32-26(5)39;1-21(33)17-31(20-28(38)39-29(5,6)7)15-11-9-13-26(32(18-22(2)34)19-23(3)35)27(37)16-25(24(4)36)12-8-10-14-30;1-15(27)24-8-4-2-6-16(23(37)38)10-18(28)17(26(13-21(33)34)14-22(35)36)7-3-5-9-25(11-19(29)30)12-20(31)32/h27-28H,9-21H2,1-8H3,(H,32,39);25-26H,8-20,30H2,1-7H3;16-17H,2-14H2,1H3,(H,24,27)(H,29,30)(H,31,32)(H,33,34)(H,35,36)(H,37,38)/t27-,28+;25-,26+;16-,17+/m111/s1. The van der Waals surface area contributed by atoms with Crippen molar-refractivity contribution in [3.05, 3.63) is 0 Å². The number of amides is 2. The molecule has 6 atom stereocenters. The second-order valence-corrected chi connectivity index (χ2v) is 32.7. The number of rotatable bonds is 68. The van der Waals surface area contributed by atoms with Crippen LogP contribution in [0, 0.1) is 17.8 Å². The van der Waals surface area contributed by atoms with E-state index in [0.29, 0.717) is 110 Å². The molecule has 0 aromatic carbocycles. The van der Waals surface area contributed by atoms with Crippen LogP contribution in [0.25, 0.3) is 0 Å². The van der Waals surface area contributed by atoms with Crippen molar-refractivity contribution in [1.82, 2.24) is 40.0 Å². The number of ether oxygens (including phenoxy) is 2. The second-order valence-electron chi connectivity index (χ2n) is 32.7. The van der Waals surface area contributed by atoms with E-state index in [4.69, 9.17) is 25.4 Å². The fraction of sp³-hybridized carbons (Fsp3) is 0.759. The molecular weight excluding hydrogens is 1550 g/mol. The fourth-order valence-corrected chi connectivity index (χ4v) is 13.2. The van der Waals surface area contributed by atoms with E-state index in [9.17, 15) is 111 Å². The van der Waals surface area contributed by atoms with Gasteiger partial charge in [0.25, 0.3) is 0 Å². The predicted octanol–water partition coefficient (Wildman–Crippen LogP) is 4.67. The molecule has 36 nitrogen and oxygen atoms in total. The summed E-state index contributed by atoms with van der Waals surface area (Å²) >= 11 is 0. The summed E-state index contributed by atoms with van der Waals surface area (Å²) < 4.78 is 10.8. The molecular formula is C83H141N9O27. The van der Waals surface area contributed by atoms with Gasteiger partial charge in [-0.1, -0.05) is 38.5 Å². The molecule has 0 aromatic heterocycles. The number of carbonyl (C=O) groups is 20. The van der Waals surface area contributed by atoms with Gasteiger partial charge in [-0.3, -0.25) is 125 Å². The molecule has 0 saturated heterocycles. The molecule has 0 aliphatic rings. The molecule has 0 aliphatic carbocycles. The Bertz CT molecular complexity index is 3230. The van der Waals surface area contributed by atoms with Gasteiger partial charge < -0.3 is 51.4 Å². The first-order valence-corrected chi connectivity index (χ1v) is 40.9. The van der Waals surface area contributed by atoms with E-state index in [-0.39, 0.29) is 167 Å². The van der Waals surface area contributed by atoms with Crippen LogP contribution in [0.3, 0.4) is 0 Å². The number of ketones is 11. The zero-order valence-corrected chi connectivity index (χ0v) is 73.5. The molecule has 0 saturated carbocycles. The number of nitrogens with zero attached hydrogens (tertiary/aromatic N) is 6. The summed E-state index contributed by atoms with van der Waals surface area (Å²) in [5, 5.41) is 51.2. The Labute approximate surface area is 701 Å². The van der Waals surface area contributed by atoms with Crippen molar-refractivity contribution in [2.45, 2.75) is 275 Å². The minimum Gasteiger partial charge on any atom is -0.481 e. The van der Waals surface area contributed by atoms with E-state index in [1.807, 2.05) is 0 Å². The highest BCUT2D eigenvalue weighted by Crippen LogP contribution is 2.25. The molecule has 36 heteroatoms. The van der Waals surface area contributed by atoms with Crippen molar-refractivity contribution in [2.75, 3.05) is 118 Å². The molecule has 0 fully saturated rings. The average molecular weight is 1700 g/mol. The molecule has 0 bridgehead atoms. The van der Waals surface area contributed by atoms with Gasteiger partial charge in [-0.05, 0) is 200 Å². The number of carboxylic acids is 5. The first-order chi connectivity index (χ1) is 55.2. The zero-order valence-electron chi connectivity index (χ0n) is 73.5. The first-order valence-electron chi connectivity index (χ1n) is 40.9. The number of hydrogen-bond donors (Lipinski definition) is 8. The van der Waals surface area contributed by atoms with E-state index >= 15 is 0 Å². The van der Waals surface area contributed by atoms with Crippen molar-refractivity contribution >= 4 is 117 Å². The number of esters is 2. The number of carboxylic acid groups (broad SMARTS) is 5. The number of Topliss-reactive ketones (excluding diaryl/α,β-unsaturated/α-hetero) is 11. The van der Waals surface area contributed by atoms with E-state index < -0.39 is 127 Å². The number of carbonyl (C=O) groups excluding carboxylic acids is 15. The van der Waals surface area contributed by atoms with Gasteiger partial charge in [-0.15, -0.1) is 0 Å². The van der Waals surface area contributed by atoms with Crippen LogP contribution in [0.15, 0.2) is 0 Å².